The van der Waals surface area contributed by atoms with Gasteiger partial charge in [-0.25, -0.2) is 4.39 Å². The summed E-state index contributed by atoms with van der Waals surface area (Å²) in [5, 5.41) is 19.1. The Hall–Kier alpha value is -3.01. The molecule has 0 amide bonds. The Morgan fingerprint density at radius 3 is 2.22 bits per heavy atom. The monoisotopic (exact) mass is 309 g/mol. The highest BCUT2D eigenvalue weighted by molar-refractivity contribution is 5.65. The Morgan fingerprint density at radius 1 is 0.783 bits per heavy atom. The Bertz CT molecular complexity index is 805. The fraction of sp³-hybridized carbons (Fsp3) is 0.0526. The summed E-state index contributed by atoms with van der Waals surface area (Å²) in [4.78, 5) is 1.87. The van der Waals surface area contributed by atoms with Crippen molar-refractivity contribution in [3.8, 4) is 11.5 Å². The maximum Gasteiger partial charge on any atom is 0.166 e. The molecule has 3 aromatic carbocycles. The normalized spacial score (nSPS) is 10.5. The second-order valence-electron chi connectivity index (χ2n) is 5.23. The molecule has 0 spiro atoms. The molecular weight excluding hydrogens is 293 g/mol. The van der Waals surface area contributed by atoms with Gasteiger partial charge in [0.1, 0.15) is 5.75 Å². The highest BCUT2D eigenvalue weighted by atomic mass is 19.1. The van der Waals surface area contributed by atoms with E-state index >= 15 is 0 Å². The Balaban J connectivity index is 2.03. The molecule has 0 unspecified atom stereocenters. The lowest BCUT2D eigenvalue weighted by Gasteiger charge is -2.25. The summed E-state index contributed by atoms with van der Waals surface area (Å²) in [5.41, 5.74) is 2.37. The molecule has 0 saturated heterocycles. The number of aromatic hydroxyl groups is 2. The number of hydrogen-bond acceptors (Lipinski definition) is 3. The summed E-state index contributed by atoms with van der Waals surface area (Å²) in [6.07, 6.45) is 0. The molecule has 0 saturated carbocycles. The van der Waals surface area contributed by atoms with Gasteiger partial charge in [0, 0.05) is 30.1 Å². The van der Waals surface area contributed by atoms with E-state index in [9.17, 15) is 14.6 Å². The average Bonchev–Trinajstić information content (AvgIpc) is 2.56. The topological polar surface area (TPSA) is 43.7 Å². The van der Waals surface area contributed by atoms with Crippen molar-refractivity contribution in [2.75, 3.05) is 4.90 Å². The third-order valence-corrected chi connectivity index (χ3v) is 3.57. The summed E-state index contributed by atoms with van der Waals surface area (Å²) < 4.78 is 13.7. The average molecular weight is 309 g/mol. The van der Waals surface area contributed by atoms with E-state index in [1.54, 1.807) is 24.3 Å². The molecule has 3 aromatic rings. The van der Waals surface area contributed by atoms with Crippen LogP contribution in [0.3, 0.4) is 0 Å². The van der Waals surface area contributed by atoms with E-state index in [4.69, 9.17) is 0 Å². The van der Waals surface area contributed by atoms with E-state index in [0.717, 1.165) is 11.3 Å². The molecule has 3 rings (SSSR count). The molecule has 116 valence electrons. The molecule has 0 fully saturated rings. The summed E-state index contributed by atoms with van der Waals surface area (Å²) >= 11 is 0. The van der Waals surface area contributed by atoms with Crippen LogP contribution >= 0.6 is 0 Å². The SMILES string of the molecule is Oc1cccc(N(Cc2ccccc2)c2ccc(O)c(F)c2)c1. The van der Waals surface area contributed by atoms with Crippen LogP contribution in [0.25, 0.3) is 0 Å². The van der Waals surface area contributed by atoms with Crippen LogP contribution in [0, 0.1) is 5.82 Å². The molecule has 0 heterocycles. The van der Waals surface area contributed by atoms with Gasteiger partial charge in [0.05, 0.1) is 0 Å². The molecule has 0 bridgehead atoms. The van der Waals surface area contributed by atoms with Crippen molar-refractivity contribution < 1.29 is 14.6 Å². The summed E-state index contributed by atoms with van der Waals surface area (Å²) in [6, 6.07) is 20.8. The van der Waals surface area contributed by atoms with Crippen LogP contribution in [0.5, 0.6) is 11.5 Å². The van der Waals surface area contributed by atoms with Crippen LogP contribution < -0.4 is 4.90 Å². The maximum absolute atomic E-state index is 13.7. The Kier molecular flexibility index (Phi) is 4.15. The number of hydrogen-bond donors (Lipinski definition) is 2. The quantitative estimate of drug-likeness (QED) is 0.741. The molecule has 0 aliphatic heterocycles. The highest BCUT2D eigenvalue weighted by Crippen LogP contribution is 2.32. The van der Waals surface area contributed by atoms with E-state index in [2.05, 4.69) is 0 Å². The van der Waals surface area contributed by atoms with Gasteiger partial charge in [-0.3, -0.25) is 0 Å². The highest BCUT2D eigenvalue weighted by Gasteiger charge is 2.13. The summed E-state index contributed by atoms with van der Waals surface area (Å²) in [6.45, 7) is 0.508. The van der Waals surface area contributed by atoms with E-state index in [1.165, 1.54) is 12.1 Å². The van der Waals surface area contributed by atoms with Gasteiger partial charge in [-0.2, -0.15) is 0 Å². The van der Waals surface area contributed by atoms with Crippen LogP contribution in [0.4, 0.5) is 15.8 Å². The Morgan fingerprint density at radius 2 is 1.52 bits per heavy atom. The molecule has 3 nitrogen and oxygen atoms in total. The maximum atomic E-state index is 13.7. The van der Waals surface area contributed by atoms with Crippen LogP contribution in [-0.4, -0.2) is 10.2 Å². The predicted molar refractivity (Wildman–Crippen MR) is 88.5 cm³/mol. The van der Waals surface area contributed by atoms with Gasteiger partial charge in [-0.05, 0) is 29.8 Å². The smallest absolute Gasteiger partial charge is 0.166 e. The standard InChI is InChI=1S/C19H16FNO2/c20-18-12-16(9-10-19(18)23)21(13-14-5-2-1-3-6-14)15-7-4-8-17(22)11-15/h1-12,22-23H,13H2. The Labute approximate surface area is 133 Å². The first-order valence-electron chi connectivity index (χ1n) is 7.22. The van der Waals surface area contributed by atoms with Gasteiger partial charge in [-0.15, -0.1) is 0 Å². The molecule has 23 heavy (non-hydrogen) atoms. The van der Waals surface area contributed by atoms with Crippen molar-refractivity contribution in [1.82, 2.24) is 0 Å². The minimum atomic E-state index is -0.680. The molecule has 4 heteroatoms. The molecule has 0 atom stereocenters. The van der Waals surface area contributed by atoms with Crippen LogP contribution in [0.2, 0.25) is 0 Å². The second kappa shape index (κ2) is 6.40. The van der Waals surface area contributed by atoms with Crippen molar-refractivity contribution >= 4 is 11.4 Å². The van der Waals surface area contributed by atoms with E-state index in [0.29, 0.717) is 12.2 Å². The number of rotatable bonds is 4. The van der Waals surface area contributed by atoms with Gasteiger partial charge in [0.2, 0.25) is 0 Å². The van der Waals surface area contributed by atoms with Gasteiger partial charge in [0.15, 0.2) is 11.6 Å². The van der Waals surface area contributed by atoms with Crippen molar-refractivity contribution in [3.05, 3.63) is 84.2 Å². The van der Waals surface area contributed by atoms with Crippen molar-refractivity contribution in [1.29, 1.82) is 0 Å². The number of phenols is 2. The van der Waals surface area contributed by atoms with E-state index in [-0.39, 0.29) is 11.5 Å². The number of nitrogens with zero attached hydrogens (tertiary/aromatic N) is 1. The van der Waals surface area contributed by atoms with Gasteiger partial charge < -0.3 is 15.1 Å². The lowest BCUT2D eigenvalue weighted by Crippen LogP contribution is -2.16. The second-order valence-corrected chi connectivity index (χ2v) is 5.23. The van der Waals surface area contributed by atoms with Crippen molar-refractivity contribution in [2.24, 2.45) is 0 Å². The largest absolute Gasteiger partial charge is 0.508 e. The lowest BCUT2D eigenvalue weighted by atomic mass is 10.1. The molecule has 0 radical (unpaired) electrons. The first-order chi connectivity index (χ1) is 11.1. The van der Waals surface area contributed by atoms with Crippen molar-refractivity contribution in [2.45, 2.75) is 6.54 Å². The zero-order chi connectivity index (χ0) is 16.2. The van der Waals surface area contributed by atoms with E-state index < -0.39 is 5.82 Å². The fourth-order valence-electron chi connectivity index (χ4n) is 2.42. The third-order valence-electron chi connectivity index (χ3n) is 3.57. The van der Waals surface area contributed by atoms with E-state index in [1.807, 2.05) is 41.3 Å². The molecular formula is C19H16FNO2. The first kappa shape index (κ1) is 14.9. The minimum absolute atomic E-state index is 0.139. The van der Waals surface area contributed by atoms with Gasteiger partial charge >= 0.3 is 0 Å². The zero-order valence-corrected chi connectivity index (χ0v) is 12.4. The number of halogens is 1. The van der Waals surface area contributed by atoms with Gasteiger partial charge in [0.25, 0.3) is 0 Å². The molecule has 0 aliphatic rings. The van der Waals surface area contributed by atoms with Crippen LogP contribution in [0.1, 0.15) is 5.56 Å². The first-order valence-corrected chi connectivity index (χ1v) is 7.22. The molecule has 0 aromatic heterocycles. The minimum Gasteiger partial charge on any atom is -0.508 e. The summed E-state index contributed by atoms with van der Waals surface area (Å²) in [7, 11) is 0. The summed E-state index contributed by atoms with van der Waals surface area (Å²) in [5.74, 6) is -0.926. The number of benzene rings is 3. The van der Waals surface area contributed by atoms with Gasteiger partial charge in [-0.1, -0.05) is 36.4 Å². The molecule has 2 N–H and O–H groups in total. The van der Waals surface area contributed by atoms with Crippen LogP contribution in [-0.2, 0) is 6.54 Å². The lowest BCUT2D eigenvalue weighted by molar-refractivity contribution is 0.432. The third kappa shape index (κ3) is 3.43. The predicted octanol–water partition coefficient (Wildman–Crippen LogP) is 4.58. The number of phenolic OH excluding ortho intramolecular Hbond substituents is 2. The van der Waals surface area contributed by atoms with Crippen molar-refractivity contribution in [3.63, 3.8) is 0 Å². The van der Waals surface area contributed by atoms with Crippen LogP contribution in [0.15, 0.2) is 72.8 Å². The zero-order valence-electron chi connectivity index (χ0n) is 12.4. The fourth-order valence-corrected chi connectivity index (χ4v) is 2.42. The number of anilines is 2. The molecule has 0 aliphatic carbocycles.